The normalized spacial score (nSPS) is 14.4. The third-order valence-corrected chi connectivity index (χ3v) is 6.79. The lowest BCUT2D eigenvalue weighted by atomic mass is 10.0. The van der Waals surface area contributed by atoms with Crippen LogP contribution >= 0.6 is 11.9 Å². The van der Waals surface area contributed by atoms with Crippen molar-refractivity contribution in [3.63, 3.8) is 0 Å². The number of hydrogen-bond donors (Lipinski definition) is 3. The number of carboxylic acid groups (broad SMARTS) is 1. The smallest absolute Gasteiger partial charge is 0.339 e. The van der Waals surface area contributed by atoms with E-state index in [1.54, 1.807) is 12.1 Å². The predicted molar refractivity (Wildman–Crippen MR) is 133 cm³/mol. The molecule has 1 fully saturated rings. The molecule has 10 heteroatoms. The van der Waals surface area contributed by atoms with Crippen molar-refractivity contribution in [2.45, 2.75) is 57.1 Å². The maximum Gasteiger partial charge on any atom is 0.339 e. The van der Waals surface area contributed by atoms with Gasteiger partial charge in [0, 0.05) is 48.5 Å². The Morgan fingerprint density at radius 2 is 2.12 bits per heavy atom. The Kier molecular flexibility index (Phi) is 7.91. The van der Waals surface area contributed by atoms with Crippen LogP contribution in [0.2, 0.25) is 0 Å². The highest BCUT2D eigenvalue weighted by molar-refractivity contribution is 7.97. The Morgan fingerprint density at radius 3 is 2.79 bits per heavy atom. The molecule has 0 bridgehead atoms. The minimum absolute atomic E-state index is 0.139. The highest BCUT2D eigenvalue weighted by atomic mass is 32.2. The molecule has 1 saturated heterocycles. The summed E-state index contributed by atoms with van der Waals surface area (Å²) in [5.41, 5.74) is 4.23. The lowest BCUT2D eigenvalue weighted by molar-refractivity contribution is 0.0693. The van der Waals surface area contributed by atoms with Crippen molar-refractivity contribution in [3.8, 4) is 5.75 Å². The zero-order chi connectivity index (χ0) is 24.1. The number of rotatable bonds is 10. The van der Waals surface area contributed by atoms with Crippen molar-refractivity contribution in [1.29, 1.82) is 0 Å². The first-order valence-electron chi connectivity index (χ1n) is 11.6. The van der Waals surface area contributed by atoms with Crippen molar-refractivity contribution < 1.29 is 19.4 Å². The van der Waals surface area contributed by atoms with Crippen molar-refractivity contribution >= 4 is 34.6 Å². The van der Waals surface area contributed by atoms with Gasteiger partial charge in [-0.3, -0.25) is 4.72 Å². The van der Waals surface area contributed by atoms with Crippen LogP contribution in [0.15, 0.2) is 29.3 Å². The molecule has 0 saturated carbocycles. The molecule has 1 aliphatic rings. The van der Waals surface area contributed by atoms with E-state index in [2.05, 4.69) is 29.0 Å². The Hall–Kier alpha value is -2.82. The summed E-state index contributed by atoms with van der Waals surface area (Å²) in [7, 11) is 1.47. The third-order valence-electron chi connectivity index (χ3n) is 6.02. The number of hydrogen-bond acceptors (Lipinski definition) is 8. The number of carboxylic acids is 1. The van der Waals surface area contributed by atoms with Crippen molar-refractivity contribution in [1.82, 2.24) is 19.5 Å². The van der Waals surface area contributed by atoms with Gasteiger partial charge < -0.3 is 19.9 Å². The summed E-state index contributed by atoms with van der Waals surface area (Å²) in [6.07, 6.45) is 4.60. The van der Waals surface area contributed by atoms with Gasteiger partial charge in [-0.25, -0.2) is 14.5 Å². The van der Waals surface area contributed by atoms with Crippen LogP contribution in [-0.4, -0.2) is 52.2 Å². The molecule has 3 aromatic rings. The third kappa shape index (κ3) is 5.13. The summed E-state index contributed by atoms with van der Waals surface area (Å²) in [5, 5.41) is 18.8. The monoisotopic (exact) mass is 485 g/mol. The molecule has 0 radical (unpaired) electrons. The number of anilines is 1. The summed E-state index contributed by atoms with van der Waals surface area (Å²) in [4.78, 5) is 17.3. The standard InChI is InChI=1S/C24H31N5O4S/c1-4-20-18(14-26-34-16-6-7-21(32-3)17(12-16)24(30)31)22(27-15-8-10-33-11-9-15)19-13-25-29(5-2)23(19)28-20/h6-7,12-13,15,26H,4-5,8-11,14H2,1-3H3,(H,27,28)(H,30,31). The first-order valence-corrected chi connectivity index (χ1v) is 12.4. The van der Waals surface area contributed by atoms with Crippen LogP contribution in [0.1, 0.15) is 48.3 Å². The molecule has 3 heterocycles. The van der Waals surface area contributed by atoms with E-state index in [1.165, 1.54) is 19.1 Å². The molecule has 0 amide bonds. The zero-order valence-electron chi connectivity index (χ0n) is 19.8. The first kappa shape index (κ1) is 24.3. The molecule has 0 atom stereocenters. The van der Waals surface area contributed by atoms with Gasteiger partial charge in [-0.15, -0.1) is 0 Å². The number of nitrogens with one attached hydrogen (secondary N) is 2. The van der Waals surface area contributed by atoms with Crippen LogP contribution in [0.25, 0.3) is 11.0 Å². The van der Waals surface area contributed by atoms with Crippen molar-refractivity contribution in [3.05, 3.63) is 41.2 Å². The molecule has 0 spiro atoms. The van der Waals surface area contributed by atoms with E-state index in [1.807, 2.05) is 16.9 Å². The summed E-state index contributed by atoms with van der Waals surface area (Å²) in [6.45, 7) is 7.01. The summed E-state index contributed by atoms with van der Waals surface area (Å²) >= 11 is 1.39. The van der Waals surface area contributed by atoms with E-state index in [0.717, 1.165) is 71.9 Å². The minimum atomic E-state index is -1.02. The van der Waals surface area contributed by atoms with Gasteiger partial charge in [-0.1, -0.05) is 6.92 Å². The average molecular weight is 486 g/mol. The number of benzene rings is 1. The van der Waals surface area contributed by atoms with Gasteiger partial charge in [-0.05, 0) is 56.3 Å². The van der Waals surface area contributed by atoms with E-state index in [9.17, 15) is 9.90 Å². The summed E-state index contributed by atoms with van der Waals surface area (Å²) in [6, 6.07) is 5.47. The minimum Gasteiger partial charge on any atom is -0.496 e. The lowest BCUT2D eigenvalue weighted by Gasteiger charge is -2.26. The number of aryl methyl sites for hydroxylation is 2. The van der Waals surface area contributed by atoms with E-state index < -0.39 is 5.97 Å². The molecule has 1 aliphatic heterocycles. The molecule has 34 heavy (non-hydrogen) atoms. The SMILES string of the molecule is CCc1nc2c(cnn2CC)c(NC2CCOCC2)c1CNSc1ccc(OC)c(C(=O)O)c1. The van der Waals surface area contributed by atoms with E-state index in [-0.39, 0.29) is 5.56 Å². The quantitative estimate of drug-likeness (QED) is 0.365. The number of nitrogens with zero attached hydrogens (tertiary/aromatic N) is 3. The number of aromatic nitrogens is 3. The molecule has 0 aliphatic carbocycles. The molecule has 9 nitrogen and oxygen atoms in total. The van der Waals surface area contributed by atoms with E-state index in [4.69, 9.17) is 14.5 Å². The highest BCUT2D eigenvalue weighted by Gasteiger charge is 2.21. The largest absolute Gasteiger partial charge is 0.496 e. The number of ether oxygens (including phenoxy) is 2. The second-order valence-corrected chi connectivity index (χ2v) is 9.05. The maximum absolute atomic E-state index is 11.6. The number of pyridine rings is 1. The van der Waals surface area contributed by atoms with E-state index in [0.29, 0.717) is 18.3 Å². The molecule has 4 rings (SSSR count). The molecule has 1 aromatic carbocycles. The summed E-state index contributed by atoms with van der Waals surface area (Å²) < 4.78 is 16.0. The number of methoxy groups -OCH3 is 1. The van der Waals surface area contributed by atoms with Crippen LogP contribution in [-0.2, 0) is 24.2 Å². The van der Waals surface area contributed by atoms with Gasteiger partial charge in [0.1, 0.15) is 11.3 Å². The number of aromatic carboxylic acids is 1. The van der Waals surface area contributed by atoms with Gasteiger partial charge >= 0.3 is 5.97 Å². The van der Waals surface area contributed by atoms with Gasteiger partial charge in [-0.2, -0.15) is 5.10 Å². The van der Waals surface area contributed by atoms with Crippen LogP contribution in [0, 0.1) is 0 Å². The van der Waals surface area contributed by atoms with Crippen LogP contribution < -0.4 is 14.8 Å². The van der Waals surface area contributed by atoms with Crippen LogP contribution in [0.5, 0.6) is 5.75 Å². The fourth-order valence-electron chi connectivity index (χ4n) is 4.21. The van der Waals surface area contributed by atoms with Crippen LogP contribution in [0.4, 0.5) is 5.69 Å². The van der Waals surface area contributed by atoms with Crippen molar-refractivity contribution in [2.24, 2.45) is 0 Å². The maximum atomic E-state index is 11.6. The van der Waals surface area contributed by atoms with Gasteiger partial charge in [0.25, 0.3) is 0 Å². The molecular weight excluding hydrogens is 454 g/mol. The average Bonchev–Trinajstić information content (AvgIpc) is 3.28. The Bertz CT molecular complexity index is 1160. The molecule has 3 N–H and O–H groups in total. The second kappa shape index (κ2) is 11.1. The van der Waals surface area contributed by atoms with Gasteiger partial charge in [0.05, 0.1) is 24.4 Å². The zero-order valence-corrected chi connectivity index (χ0v) is 20.6. The molecule has 2 aromatic heterocycles. The Labute approximate surface area is 203 Å². The second-order valence-electron chi connectivity index (χ2n) is 8.08. The Balaban J connectivity index is 1.62. The number of fused-ring (bicyclic) bond motifs is 1. The van der Waals surface area contributed by atoms with Crippen molar-refractivity contribution in [2.75, 3.05) is 25.6 Å². The van der Waals surface area contributed by atoms with Crippen LogP contribution in [0.3, 0.4) is 0 Å². The Morgan fingerprint density at radius 1 is 1.32 bits per heavy atom. The fraction of sp³-hybridized carbons (Fsp3) is 0.458. The molecule has 182 valence electrons. The lowest BCUT2D eigenvalue weighted by Crippen LogP contribution is -2.29. The fourth-order valence-corrected chi connectivity index (χ4v) is 4.91. The molecular formula is C24H31N5O4S. The topological polar surface area (TPSA) is 111 Å². The highest BCUT2D eigenvalue weighted by Crippen LogP contribution is 2.32. The first-order chi connectivity index (χ1) is 16.5. The summed E-state index contributed by atoms with van der Waals surface area (Å²) in [5.74, 6) is -0.672. The van der Waals surface area contributed by atoms with Gasteiger partial charge in [0.2, 0.25) is 0 Å². The number of carbonyl (C=O) groups is 1. The van der Waals surface area contributed by atoms with E-state index >= 15 is 0 Å². The molecule has 0 unspecified atom stereocenters. The van der Waals surface area contributed by atoms with Gasteiger partial charge in [0.15, 0.2) is 5.65 Å². The predicted octanol–water partition coefficient (Wildman–Crippen LogP) is 4.11.